The summed E-state index contributed by atoms with van der Waals surface area (Å²) in [5.74, 6) is 0.971. The zero-order valence-corrected chi connectivity index (χ0v) is 10.5. The smallest absolute Gasteiger partial charge is 0.0346 e. The number of hydrogen-bond donors (Lipinski definition) is 1. The van der Waals surface area contributed by atoms with Crippen LogP contribution in [0.5, 0.6) is 0 Å². The highest BCUT2D eigenvalue weighted by Gasteiger charge is 2.32. The summed E-state index contributed by atoms with van der Waals surface area (Å²) in [6.07, 6.45) is 4.36. The van der Waals surface area contributed by atoms with Gasteiger partial charge in [-0.2, -0.15) is 0 Å². The molecule has 16 heavy (non-hydrogen) atoms. The lowest BCUT2D eigenvalue weighted by Gasteiger charge is -2.44. The van der Waals surface area contributed by atoms with Crippen LogP contribution in [-0.2, 0) is 0 Å². The van der Waals surface area contributed by atoms with E-state index in [-0.39, 0.29) is 0 Å². The molecule has 3 nitrogen and oxygen atoms in total. The van der Waals surface area contributed by atoms with Crippen molar-refractivity contribution in [3.63, 3.8) is 0 Å². The molecule has 1 saturated carbocycles. The second kappa shape index (κ2) is 4.63. The number of piperazine rings is 1. The van der Waals surface area contributed by atoms with Gasteiger partial charge in [0, 0.05) is 51.4 Å². The van der Waals surface area contributed by atoms with Crippen LogP contribution >= 0.6 is 0 Å². The fourth-order valence-electron chi connectivity index (χ4n) is 3.51. The Morgan fingerprint density at radius 2 is 1.50 bits per heavy atom. The molecule has 0 amide bonds. The summed E-state index contributed by atoms with van der Waals surface area (Å²) in [6, 6.07) is 1.77. The fraction of sp³-hybridized carbons (Fsp3) is 1.00. The summed E-state index contributed by atoms with van der Waals surface area (Å²) in [5, 5.41) is 3.38. The van der Waals surface area contributed by atoms with Crippen molar-refractivity contribution in [2.45, 2.75) is 38.3 Å². The van der Waals surface area contributed by atoms with Crippen LogP contribution in [0.2, 0.25) is 0 Å². The normalized spacial score (nSPS) is 38.8. The van der Waals surface area contributed by atoms with Gasteiger partial charge in [0.1, 0.15) is 0 Å². The average Bonchev–Trinajstić information content (AvgIpc) is 2.63. The van der Waals surface area contributed by atoms with Crippen molar-refractivity contribution in [2.75, 3.05) is 39.3 Å². The molecule has 2 aliphatic heterocycles. The molecule has 3 heteroatoms. The van der Waals surface area contributed by atoms with E-state index >= 15 is 0 Å². The Morgan fingerprint density at radius 1 is 0.875 bits per heavy atom. The minimum atomic E-state index is 0.852. The summed E-state index contributed by atoms with van der Waals surface area (Å²) in [7, 11) is 0. The second-order valence-corrected chi connectivity index (χ2v) is 5.96. The molecular weight excluding hydrogens is 198 g/mol. The van der Waals surface area contributed by atoms with Crippen molar-refractivity contribution < 1.29 is 0 Å². The minimum absolute atomic E-state index is 0.852. The molecule has 1 N–H and O–H groups in total. The molecule has 0 radical (unpaired) electrons. The van der Waals surface area contributed by atoms with Gasteiger partial charge in [0.15, 0.2) is 0 Å². The topological polar surface area (TPSA) is 18.5 Å². The Morgan fingerprint density at radius 3 is 1.94 bits per heavy atom. The molecule has 1 aliphatic carbocycles. The molecule has 0 spiro atoms. The van der Waals surface area contributed by atoms with Gasteiger partial charge in [-0.25, -0.2) is 0 Å². The molecule has 2 atom stereocenters. The zero-order valence-electron chi connectivity index (χ0n) is 10.5. The van der Waals surface area contributed by atoms with Gasteiger partial charge >= 0.3 is 0 Å². The van der Waals surface area contributed by atoms with Gasteiger partial charge in [-0.05, 0) is 25.2 Å². The Hall–Kier alpha value is -0.120. The minimum Gasteiger partial charge on any atom is -0.314 e. The van der Waals surface area contributed by atoms with Crippen LogP contribution < -0.4 is 5.32 Å². The predicted molar refractivity (Wildman–Crippen MR) is 66.6 cm³/mol. The molecule has 3 rings (SSSR count). The maximum absolute atomic E-state index is 3.38. The largest absolute Gasteiger partial charge is 0.314 e. The van der Waals surface area contributed by atoms with Gasteiger partial charge in [-0.3, -0.25) is 9.80 Å². The van der Waals surface area contributed by atoms with Crippen LogP contribution in [0.4, 0.5) is 0 Å². The van der Waals surface area contributed by atoms with E-state index in [1.165, 1.54) is 58.5 Å². The van der Waals surface area contributed by atoms with Crippen LogP contribution in [0.3, 0.4) is 0 Å². The van der Waals surface area contributed by atoms with E-state index < -0.39 is 0 Å². The molecular formula is C13H25N3. The van der Waals surface area contributed by atoms with Gasteiger partial charge in [0.05, 0.1) is 0 Å². The molecule has 2 unspecified atom stereocenters. The molecule has 0 aromatic carbocycles. The van der Waals surface area contributed by atoms with E-state index in [1.54, 1.807) is 0 Å². The lowest BCUT2D eigenvalue weighted by Crippen LogP contribution is -2.62. The SMILES string of the molecule is CC1CCC(N2CCN(C3CNC3)CC2)C1. The molecule has 0 aromatic rings. The van der Waals surface area contributed by atoms with E-state index in [9.17, 15) is 0 Å². The molecule has 92 valence electrons. The number of nitrogens with zero attached hydrogens (tertiary/aromatic N) is 2. The first-order chi connectivity index (χ1) is 7.83. The summed E-state index contributed by atoms with van der Waals surface area (Å²) in [6.45, 7) is 10.1. The molecule has 2 saturated heterocycles. The van der Waals surface area contributed by atoms with E-state index in [0.717, 1.165) is 18.0 Å². The predicted octanol–water partition coefficient (Wildman–Crippen LogP) is 0.764. The molecule has 0 aromatic heterocycles. The highest BCUT2D eigenvalue weighted by Crippen LogP contribution is 2.29. The van der Waals surface area contributed by atoms with Gasteiger partial charge < -0.3 is 5.32 Å². The summed E-state index contributed by atoms with van der Waals surface area (Å²) in [5.41, 5.74) is 0. The fourth-order valence-corrected chi connectivity index (χ4v) is 3.51. The van der Waals surface area contributed by atoms with Crippen LogP contribution in [0.25, 0.3) is 0 Å². The number of rotatable bonds is 2. The van der Waals surface area contributed by atoms with Gasteiger partial charge in [-0.15, -0.1) is 0 Å². The zero-order chi connectivity index (χ0) is 11.0. The monoisotopic (exact) mass is 223 g/mol. The van der Waals surface area contributed by atoms with Crippen molar-refractivity contribution in [3.8, 4) is 0 Å². The number of nitrogens with one attached hydrogen (secondary N) is 1. The van der Waals surface area contributed by atoms with Crippen molar-refractivity contribution in [1.82, 2.24) is 15.1 Å². The number of hydrogen-bond acceptors (Lipinski definition) is 3. The maximum Gasteiger partial charge on any atom is 0.0346 e. The Balaban J connectivity index is 1.46. The lowest BCUT2D eigenvalue weighted by molar-refractivity contribution is 0.0522. The summed E-state index contributed by atoms with van der Waals surface area (Å²) < 4.78 is 0. The lowest BCUT2D eigenvalue weighted by atomic mass is 10.1. The van der Waals surface area contributed by atoms with E-state index in [2.05, 4.69) is 22.0 Å². The molecule has 0 bridgehead atoms. The first kappa shape index (κ1) is 11.0. The van der Waals surface area contributed by atoms with Crippen molar-refractivity contribution in [2.24, 2.45) is 5.92 Å². The first-order valence-corrected chi connectivity index (χ1v) is 7.02. The molecule has 3 fully saturated rings. The summed E-state index contributed by atoms with van der Waals surface area (Å²) in [4.78, 5) is 5.44. The van der Waals surface area contributed by atoms with E-state index in [0.29, 0.717) is 0 Å². The van der Waals surface area contributed by atoms with Crippen LogP contribution in [0, 0.1) is 5.92 Å². The first-order valence-electron chi connectivity index (χ1n) is 7.02. The van der Waals surface area contributed by atoms with Crippen LogP contribution in [0.15, 0.2) is 0 Å². The van der Waals surface area contributed by atoms with E-state index in [1.807, 2.05) is 0 Å². The van der Waals surface area contributed by atoms with Gasteiger partial charge in [-0.1, -0.05) is 6.92 Å². The van der Waals surface area contributed by atoms with Crippen LogP contribution in [-0.4, -0.2) is 61.2 Å². The molecule has 2 heterocycles. The van der Waals surface area contributed by atoms with Crippen molar-refractivity contribution in [3.05, 3.63) is 0 Å². The Bertz CT molecular complexity index is 231. The Labute approximate surface area is 99.2 Å². The summed E-state index contributed by atoms with van der Waals surface area (Å²) >= 11 is 0. The van der Waals surface area contributed by atoms with Crippen molar-refractivity contribution in [1.29, 1.82) is 0 Å². The third-order valence-corrected chi connectivity index (χ3v) is 4.81. The maximum atomic E-state index is 3.38. The van der Waals surface area contributed by atoms with Gasteiger partial charge in [0.25, 0.3) is 0 Å². The third-order valence-electron chi connectivity index (χ3n) is 4.81. The standard InChI is InChI=1S/C13H25N3/c1-11-2-3-12(8-11)15-4-6-16(7-5-15)13-9-14-10-13/h11-14H,2-10H2,1H3. The van der Waals surface area contributed by atoms with E-state index in [4.69, 9.17) is 0 Å². The van der Waals surface area contributed by atoms with Gasteiger partial charge in [0.2, 0.25) is 0 Å². The highest BCUT2D eigenvalue weighted by atomic mass is 15.3. The average molecular weight is 223 g/mol. The molecule has 3 aliphatic rings. The second-order valence-electron chi connectivity index (χ2n) is 5.96. The van der Waals surface area contributed by atoms with Crippen molar-refractivity contribution >= 4 is 0 Å². The Kier molecular flexibility index (Phi) is 3.18. The quantitative estimate of drug-likeness (QED) is 0.746. The third kappa shape index (κ3) is 2.13. The highest BCUT2D eigenvalue weighted by molar-refractivity contribution is 4.90. The van der Waals surface area contributed by atoms with Crippen LogP contribution in [0.1, 0.15) is 26.2 Å².